The summed E-state index contributed by atoms with van der Waals surface area (Å²) in [6.45, 7) is -0.275. The molecule has 9 nitrogen and oxygen atoms in total. The lowest BCUT2D eigenvalue weighted by Gasteiger charge is -2.31. The van der Waals surface area contributed by atoms with E-state index in [1.165, 1.54) is 17.0 Å². The SMILES string of the molecule is O=C(CN1C(=O)C(c2ccccc2)Oc2ccc([N+](=O)[O-])nc21)NC1CCCCC1. The van der Waals surface area contributed by atoms with E-state index in [-0.39, 0.29) is 30.1 Å². The maximum absolute atomic E-state index is 13.2. The molecule has 1 N–H and O–H groups in total. The number of nitrogens with one attached hydrogen (secondary N) is 1. The van der Waals surface area contributed by atoms with Gasteiger partial charge in [-0.25, -0.2) is 0 Å². The second kappa shape index (κ2) is 8.48. The van der Waals surface area contributed by atoms with Gasteiger partial charge in [0.1, 0.15) is 6.54 Å². The average molecular weight is 410 g/mol. The van der Waals surface area contributed by atoms with Crippen molar-refractivity contribution in [3.63, 3.8) is 0 Å². The molecule has 0 radical (unpaired) electrons. The molecule has 1 aromatic carbocycles. The van der Waals surface area contributed by atoms with Gasteiger partial charge < -0.3 is 20.2 Å². The van der Waals surface area contributed by atoms with E-state index < -0.39 is 22.8 Å². The summed E-state index contributed by atoms with van der Waals surface area (Å²) in [7, 11) is 0. The van der Waals surface area contributed by atoms with Gasteiger partial charge in [-0.2, -0.15) is 0 Å². The van der Waals surface area contributed by atoms with Crippen LogP contribution in [0, 0.1) is 10.1 Å². The first kappa shape index (κ1) is 19.8. The number of carbonyl (C=O) groups is 2. The van der Waals surface area contributed by atoms with Crippen molar-refractivity contribution in [2.24, 2.45) is 0 Å². The lowest BCUT2D eigenvalue weighted by molar-refractivity contribution is -0.389. The van der Waals surface area contributed by atoms with Crippen LogP contribution in [0.4, 0.5) is 11.6 Å². The first-order valence-electron chi connectivity index (χ1n) is 10.0. The van der Waals surface area contributed by atoms with Crippen molar-refractivity contribution in [1.29, 1.82) is 0 Å². The number of aromatic nitrogens is 1. The van der Waals surface area contributed by atoms with E-state index in [0.29, 0.717) is 5.56 Å². The van der Waals surface area contributed by atoms with Crippen LogP contribution in [0.2, 0.25) is 0 Å². The number of rotatable bonds is 5. The third kappa shape index (κ3) is 4.10. The molecule has 1 saturated carbocycles. The van der Waals surface area contributed by atoms with Crippen LogP contribution in [-0.2, 0) is 9.59 Å². The zero-order valence-electron chi connectivity index (χ0n) is 16.3. The molecule has 1 aliphatic carbocycles. The Morgan fingerprint density at radius 2 is 1.90 bits per heavy atom. The molecule has 1 aromatic heterocycles. The first-order chi connectivity index (χ1) is 14.5. The van der Waals surface area contributed by atoms with Crippen molar-refractivity contribution in [2.45, 2.75) is 44.2 Å². The topological polar surface area (TPSA) is 115 Å². The van der Waals surface area contributed by atoms with Gasteiger partial charge in [-0.05, 0) is 28.8 Å². The number of pyridine rings is 1. The summed E-state index contributed by atoms with van der Waals surface area (Å²) in [6.07, 6.45) is 4.16. The minimum atomic E-state index is -0.954. The maximum atomic E-state index is 13.2. The Morgan fingerprint density at radius 1 is 1.17 bits per heavy atom. The molecule has 2 aromatic rings. The smallest absolute Gasteiger partial charge is 0.366 e. The largest absolute Gasteiger partial charge is 0.469 e. The average Bonchev–Trinajstić information content (AvgIpc) is 2.76. The van der Waals surface area contributed by atoms with Crippen molar-refractivity contribution in [2.75, 3.05) is 11.4 Å². The lowest BCUT2D eigenvalue weighted by Crippen LogP contribution is -2.49. The first-order valence-corrected chi connectivity index (χ1v) is 10.0. The molecule has 30 heavy (non-hydrogen) atoms. The molecule has 2 heterocycles. The van der Waals surface area contributed by atoms with Crippen LogP contribution in [0.5, 0.6) is 5.75 Å². The highest BCUT2D eigenvalue weighted by Gasteiger charge is 2.40. The summed E-state index contributed by atoms with van der Waals surface area (Å²) in [4.78, 5) is 41.6. The van der Waals surface area contributed by atoms with Gasteiger partial charge in [-0.3, -0.25) is 14.5 Å². The van der Waals surface area contributed by atoms with E-state index in [2.05, 4.69) is 10.3 Å². The highest BCUT2D eigenvalue weighted by molar-refractivity contribution is 6.03. The zero-order chi connectivity index (χ0) is 21.1. The lowest BCUT2D eigenvalue weighted by atomic mass is 9.95. The van der Waals surface area contributed by atoms with E-state index in [0.717, 1.165) is 32.1 Å². The quantitative estimate of drug-likeness (QED) is 0.599. The predicted molar refractivity (Wildman–Crippen MR) is 108 cm³/mol. The van der Waals surface area contributed by atoms with Crippen LogP contribution in [0.25, 0.3) is 0 Å². The molecule has 0 saturated heterocycles. The van der Waals surface area contributed by atoms with Gasteiger partial charge in [0.2, 0.25) is 12.0 Å². The molecule has 0 spiro atoms. The summed E-state index contributed by atoms with van der Waals surface area (Å²) in [6, 6.07) is 11.6. The monoisotopic (exact) mass is 410 g/mol. The van der Waals surface area contributed by atoms with Gasteiger partial charge >= 0.3 is 5.82 Å². The highest BCUT2D eigenvalue weighted by Crippen LogP contribution is 2.38. The number of benzene rings is 1. The van der Waals surface area contributed by atoms with Crippen LogP contribution >= 0.6 is 0 Å². The summed E-state index contributed by atoms with van der Waals surface area (Å²) in [5, 5.41) is 14.1. The van der Waals surface area contributed by atoms with E-state index in [4.69, 9.17) is 4.74 Å². The minimum absolute atomic E-state index is 0.0137. The molecule has 2 amide bonds. The third-order valence-corrected chi connectivity index (χ3v) is 5.38. The van der Waals surface area contributed by atoms with Crippen LogP contribution in [0.1, 0.15) is 43.8 Å². The van der Waals surface area contributed by atoms with Gasteiger partial charge in [-0.1, -0.05) is 49.6 Å². The van der Waals surface area contributed by atoms with E-state index in [1.807, 2.05) is 6.07 Å². The number of hydrogen-bond acceptors (Lipinski definition) is 6. The predicted octanol–water partition coefficient (Wildman–Crippen LogP) is 2.91. The fourth-order valence-electron chi connectivity index (χ4n) is 3.89. The highest BCUT2D eigenvalue weighted by atomic mass is 16.6. The van der Waals surface area contributed by atoms with Crippen LogP contribution in [0.3, 0.4) is 0 Å². The maximum Gasteiger partial charge on any atom is 0.366 e. The van der Waals surface area contributed by atoms with Crippen molar-refractivity contribution in [1.82, 2.24) is 10.3 Å². The van der Waals surface area contributed by atoms with E-state index >= 15 is 0 Å². The summed E-state index contributed by atoms with van der Waals surface area (Å²) in [5.41, 5.74) is 0.629. The van der Waals surface area contributed by atoms with Gasteiger partial charge in [0.25, 0.3) is 11.7 Å². The van der Waals surface area contributed by atoms with Crippen LogP contribution in [0.15, 0.2) is 42.5 Å². The zero-order valence-corrected chi connectivity index (χ0v) is 16.3. The van der Waals surface area contributed by atoms with Crippen molar-refractivity contribution in [3.05, 3.63) is 58.1 Å². The Kier molecular flexibility index (Phi) is 5.60. The molecule has 1 fully saturated rings. The molecular weight excluding hydrogens is 388 g/mol. The second-order valence-corrected chi connectivity index (χ2v) is 7.48. The fraction of sp³-hybridized carbons (Fsp3) is 0.381. The Hall–Kier alpha value is -3.49. The number of hydrogen-bond donors (Lipinski definition) is 1. The molecule has 1 aliphatic heterocycles. The number of anilines is 1. The molecule has 9 heteroatoms. The Morgan fingerprint density at radius 3 is 2.60 bits per heavy atom. The number of nitrogens with zero attached hydrogens (tertiary/aromatic N) is 3. The molecular formula is C21H22N4O5. The van der Waals surface area contributed by atoms with Crippen molar-refractivity contribution in [3.8, 4) is 5.75 Å². The van der Waals surface area contributed by atoms with Gasteiger partial charge in [0, 0.05) is 17.7 Å². The Bertz CT molecular complexity index is 959. The van der Waals surface area contributed by atoms with Gasteiger partial charge in [0.15, 0.2) is 5.75 Å². The van der Waals surface area contributed by atoms with Crippen molar-refractivity contribution >= 4 is 23.5 Å². The number of carbonyl (C=O) groups excluding carboxylic acids is 2. The van der Waals surface area contributed by atoms with E-state index in [1.54, 1.807) is 24.3 Å². The normalized spacial score (nSPS) is 19.0. The Balaban J connectivity index is 1.63. The summed E-state index contributed by atoms with van der Waals surface area (Å²) < 4.78 is 5.82. The van der Waals surface area contributed by atoms with Crippen LogP contribution < -0.4 is 15.0 Å². The summed E-state index contributed by atoms with van der Waals surface area (Å²) >= 11 is 0. The second-order valence-electron chi connectivity index (χ2n) is 7.48. The fourth-order valence-corrected chi connectivity index (χ4v) is 3.89. The number of fused-ring (bicyclic) bond motifs is 1. The molecule has 1 unspecified atom stereocenters. The molecule has 156 valence electrons. The third-order valence-electron chi connectivity index (χ3n) is 5.38. The minimum Gasteiger partial charge on any atom is -0.469 e. The number of amides is 2. The van der Waals surface area contributed by atoms with Gasteiger partial charge in [0.05, 0.1) is 0 Å². The summed E-state index contributed by atoms with van der Waals surface area (Å²) in [5.74, 6) is -1.01. The van der Waals surface area contributed by atoms with Crippen molar-refractivity contribution < 1.29 is 19.2 Å². The van der Waals surface area contributed by atoms with Crippen LogP contribution in [-0.4, -0.2) is 34.3 Å². The molecule has 1 atom stereocenters. The number of nitro groups is 1. The number of ether oxygens (including phenoxy) is 1. The molecule has 4 rings (SSSR count). The van der Waals surface area contributed by atoms with Gasteiger partial charge in [-0.15, -0.1) is 0 Å². The Labute approximate surface area is 173 Å². The molecule has 2 aliphatic rings. The molecule has 0 bridgehead atoms. The van der Waals surface area contributed by atoms with E-state index in [9.17, 15) is 19.7 Å². The standard InChI is InChI=1S/C21H22N4O5/c26-18(22-15-9-5-2-6-10-15)13-24-20-16(11-12-17(23-20)25(28)29)30-19(21(24)27)14-7-3-1-4-8-14/h1,3-4,7-8,11-12,15,19H,2,5-6,9-10,13H2,(H,22,26).